The Morgan fingerprint density at radius 2 is 2.00 bits per heavy atom. The number of rotatable bonds is 2. The van der Waals surface area contributed by atoms with Gasteiger partial charge in [-0.2, -0.15) is 5.10 Å². The number of nitrogens with zero attached hydrogens (tertiary/aromatic N) is 5. The van der Waals surface area contributed by atoms with E-state index in [4.69, 9.17) is 0 Å². The summed E-state index contributed by atoms with van der Waals surface area (Å²) >= 11 is 0. The number of carboxylic acid groups (broad SMARTS) is 1. The molecule has 0 atom stereocenters. The molecular weight excluding hydrogens is 270 g/mol. The number of carboxylic acids is 1. The molecule has 0 bridgehead atoms. The molecule has 0 saturated carbocycles. The molecule has 0 unspecified atom stereocenters. The van der Waals surface area contributed by atoms with Crippen LogP contribution in [0.4, 0.5) is 5.69 Å². The number of likely N-dealkylation sites (N-methyl/N-ethyl adjacent to an activating group) is 1. The first-order chi connectivity index (χ1) is 10.1. The first-order valence-electron chi connectivity index (χ1n) is 7.05. The summed E-state index contributed by atoms with van der Waals surface area (Å²) < 4.78 is 1.68. The average Bonchev–Trinajstić information content (AvgIpc) is 2.69. The topological polar surface area (TPSA) is 74.5 Å². The number of hydrogen-bond acceptors (Lipinski definition) is 5. The molecule has 2 aromatic rings. The summed E-state index contributed by atoms with van der Waals surface area (Å²) in [6, 6.07) is 0. The van der Waals surface area contributed by atoms with Gasteiger partial charge >= 0.3 is 5.97 Å². The number of aromatic nitrogens is 3. The summed E-state index contributed by atoms with van der Waals surface area (Å²) in [5.74, 6) is -0.944. The first kappa shape index (κ1) is 13.8. The minimum absolute atomic E-state index is 0.250. The largest absolute Gasteiger partial charge is 0.478 e. The number of pyridine rings is 1. The molecule has 0 radical (unpaired) electrons. The molecule has 7 nitrogen and oxygen atoms in total. The Hall–Kier alpha value is -2.15. The number of carbonyl (C=O) groups is 1. The van der Waals surface area contributed by atoms with Gasteiger partial charge in [-0.15, -0.1) is 0 Å². The first-order valence-corrected chi connectivity index (χ1v) is 7.05. The Bertz CT molecular complexity index is 681. The van der Waals surface area contributed by atoms with Crippen LogP contribution < -0.4 is 4.90 Å². The standard InChI is InChI=1S/C14H19N5O2/c1-17-4-3-5-19(7-6-17)12-10-9-16-18(2)13(10)15-8-11(12)14(20)21/h8-9H,3-7H2,1-2H3,(H,20,21). The quantitative estimate of drug-likeness (QED) is 0.882. The summed E-state index contributed by atoms with van der Waals surface area (Å²) in [6.07, 6.45) is 4.16. The van der Waals surface area contributed by atoms with E-state index in [0.29, 0.717) is 5.65 Å². The number of hydrogen-bond donors (Lipinski definition) is 1. The predicted octanol–water partition coefficient (Wildman–Crippen LogP) is 0.808. The van der Waals surface area contributed by atoms with Gasteiger partial charge in [0.15, 0.2) is 5.65 Å². The molecule has 0 spiro atoms. The lowest BCUT2D eigenvalue weighted by Crippen LogP contribution is -2.30. The summed E-state index contributed by atoms with van der Waals surface area (Å²) in [5.41, 5.74) is 1.71. The van der Waals surface area contributed by atoms with Crippen LogP contribution >= 0.6 is 0 Å². The van der Waals surface area contributed by atoms with Crippen molar-refractivity contribution in [3.63, 3.8) is 0 Å². The van der Waals surface area contributed by atoms with Crippen LogP contribution in [0.3, 0.4) is 0 Å². The Morgan fingerprint density at radius 3 is 2.76 bits per heavy atom. The van der Waals surface area contributed by atoms with Crippen LogP contribution in [0, 0.1) is 0 Å². The number of anilines is 1. The van der Waals surface area contributed by atoms with Crippen molar-refractivity contribution in [2.75, 3.05) is 38.1 Å². The summed E-state index contributed by atoms with van der Waals surface area (Å²) in [4.78, 5) is 20.2. The fraction of sp³-hybridized carbons (Fsp3) is 0.500. The molecule has 1 N–H and O–H groups in total. The van der Waals surface area contributed by atoms with Crippen LogP contribution in [0.2, 0.25) is 0 Å². The van der Waals surface area contributed by atoms with Crippen LogP contribution in [-0.4, -0.2) is 64.0 Å². The maximum Gasteiger partial charge on any atom is 0.339 e. The van der Waals surface area contributed by atoms with E-state index in [9.17, 15) is 9.90 Å². The van der Waals surface area contributed by atoms with Crippen molar-refractivity contribution in [2.45, 2.75) is 6.42 Å². The lowest BCUT2D eigenvalue weighted by atomic mass is 10.1. The van der Waals surface area contributed by atoms with Crippen molar-refractivity contribution >= 4 is 22.7 Å². The highest BCUT2D eigenvalue weighted by Crippen LogP contribution is 2.30. The molecule has 3 rings (SSSR count). The van der Waals surface area contributed by atoms with Crippen LogP contribution in [-0.2, 0) is 7.05 Å². The normalized spacial score (nSPS) is 17.1. The monoisotopic (exact) mass is 289 g/mol. The third kappa shape index (κ3) is 2.44. The van der Waals surface area contributed by atoms with Gasteiger partial charge < -0.3 is 14.9 Å². The highest BCUT2D eigenvalue weighted by molar-refractivity contribution is 6.03. The zero-order valence-electron chi connectivity index (χ0n) is 12.3. The summed E-state index contributed by atoms with van der Waals surface area (Å²) in [6.45, 7) is 3.60. The minimum atomic E-state index is -0.944. The van der Waals surface area contributed by atoms with Gasteiger partial charge in [0.25, 0.3) is 0 Å². The van der Waals surface area contributed by atoms with Crippen LogP contribution in [0.15, 0.2) is 12.4 Å². The SMILES string of the molecule is CN1CCCN(c2c(C(=O)O)cnc3c2cnn3C)CC1. The fourth-order valence-corrected chi connectivity index (χ4v) is 2.85. The Morgan fingerprint density at radius 1 is 1.19 bits per heavy atom. The van der Waals surface area contributed by atoms with Gasteiger partial charge in [-0.3, -0.25) is 4.68 Å². The predicted molar refractivity (Wildman–Crippen MR) is 79.8 cm³/mol. The molecule has 21 heavy (non-hydrogen) atoms. The van der Waals surface area contributed by atoms with E-state index in [-0.39, 0.29) is 5.56 Å². The fourth-order valence-electron chi connectivity index (χ4n) is 2.85. The van der Waals surface area contributed by atoms with Gasteiger partial charge in [0.05, 0.1) is 17.3 Å². The maximum absolute atomic E-state index is 11.6. The number of aryl methyl sites for hydroxylation is 1. The molecule has 1 aliphatic heterocycles. The van der Waals surface area contributed by atoms with Crippen molar-refractivity contribution in [2.24, 2.45) is 7.05 Å². The van der Waals surface area contributed by atoms with Gasteiger partial charge in [0.1, 0.15) is 5.56 Å². The highest BCUT2D eigenvalue weighted by atomic mass is 16.4. The summed E-state index contributed by atoms with van der Waals surface area (Å²) in [7, 11) is 3.91. The van der Waals surface area contributed by atoms with Crippen molar-refractivity contribution in [1.29, 1.82) is 0 Å². The average molecular weight is 289 g/mol. The third-order valence-corrected chi connectivity index (χ3v) is 4.00. The molecular formula is C14H19N5O2. The summed E-state index contributed by atoms with van der Waals surface area (Å²) in [5, 5.41) is 14.5. The molecule has 3 heterocycles. The Balaban J connectivity index is 2.13. The molecule has 2 aromatic heterocycles. The van der Waals surface area contributed by atoms with Crippen LogP contribution in [0.1, 0.15) is 16.8 Å². The molecule has 112 valence electrons. The van der Waals surface area contributed by atoms with E-state index in [1.165, 1.54) is 6.20 Å². The number of aromatic carboxylic acids is 1. The third-order valence-electron chi connectivity index (χ3n) is 4.00. The second-order valence-corrected chi connectivity index (χ2v) is 5.47. The molecule has 1 saturated heterocycles. The molecule has 1 aliphatic rings. The smallest absolute Gasteiger partial charge is 0.339 e. The van der Waals surface area contributed by atoms with Gasteiger partial charge in [-0.1, -0.05) is 0 Å². The maximum atomic E-state index is 11.6. The molecule has 1 fully saturated rings. The molecule has 7 heteroatoms. The van der Waals surface area contributed by atoms with E-state index < -0.39 is 5.97 Å². The lowest BCUT2D eigenvalue weighted by molar-refractivity contribution is 0.0697. The molecule has 0 aliphatic carbocycles. The van der Waals surface area contributed by atoms with Gasteiger partial charge in [-0.05, 0) is 20.0 Å². The van der Waals surface area contributed by atoms with E-state index >= 15 is 0 Å². The van der Waals surface area contributed by atoms with E-state index in [0.717, 1.165) is 43.7 Å². The van der Waals surface area contributed by atoms with Crippen LogP contribution in [0.5, 0.6) is 0 Å². The van der Waals surface area contributed by atoms with E-state index in [2.05, 4.69) is 26.9 Å². The molecule has 0 aromatic carbocycles. The van der Waals surface area contributed by atoms with Crippen LogP contribution in [0.25, 0.3) is 11.0 Å². The highest BCUT2D eigenvalue weighted by Gasteiger charge is 2.23. The number of fused-ring (bicyclic) bond motifs is 1. The zero-order valence-corrected chi connectivity index (χ0v) is 12.3. The second-order valence-electron chi connectivity index (χ2n) is 5.47. The zero-order chi connectivity index (χ0) is 15.0. The second kappa shape index (κ2) is 5.33. The lowest BCUT2D eigenvalue weighted by Gasteiger charge is -2.25. The van der Waals surface area contributed by atoms with Crippen molar-refractivity contribution in [1.82, 2.24) is 19.7 Å². The Kier molecular flexibility index (Phi) is 3.50. The van der Waals surface area contributed by atoms with Crippen molar-refractivity contribution in [3.8, 4) is 0 Å². The van der Waals surface area contributed by atoms with E-state index in [1.807, 2.05) is 7.05 Å². The Labute approximate surface area is 122 Å². The van der Waals surface area contributed by atoms with Gasteiger partial charge in [0, 0.05) is 32.9 Å². The van der Waals surface area contributed by atoms with E-state index in [1.54, 1.807) is 10.9 Å². The van der Waals surface area contributed by atoms with Crippen molar-refractivity contribution < 1.29 is 9.90 Å². The van der Waals surface area contributed by atoms with Gasteiger partial charge in [-0.25, -0.2) is 9.78 Å². The molecule has 0 amide bonds. The van der Waals surface area contributed by atoms with Crippen molar-refractivity contribution in [3.05, 3.63) is 18.0 Å². The van der Waals surface area contributed by atoms with Gasteiger partial charge in [0.2, 0.25) is 0 Å². The minimum Gasteiger partial charge on any atom is -0.478 e.